The zero-order valence-corrected chi connectivity index (χ0v) is 13.0. The van der Waals surface area contributed by atoms with Crippen LogP contribution in [0.25, 0.3) is 0 Å². The molecule has 11 nitrogen and oxygen atoms in total. The molecule has 24 heavy (non-hydrogen) atoms. The van der Waals surface area contributed by atoms with Crippen LogP contribution in [-0.4, -0.2) is 67.5 Å². The molecule has 0 bridgehead atoms. The summed E-state index contributed by atoms with van der Waals surface area (Å²) in [6.07, 6.45) is -3.45. The molecule has 2 aliphatic rings. The Bertz CT molecular complexity index is 652. The van der Waals surface area contributed by atoms with Crippen LogP contribution in [0.2, 0.25) is 0 Å². The minimum Gasteiger partial charge on any atom is -0.463 e. The minimum atomic E-state index is -5.01. The maximum Gasteiger partial charge on any atom is 0.347 e. The third-order valence-electron chi connectivity index (χ3n) is 3.28. The van der Waals surface area contributed by atoms with E-state index in [-0.39, 0.29) is 26.1 Å². The van der Waals surface area contributed by atoms with Gasteiger partial charge in [0.15, 0.2) is 5.25 Å². The quantitative estimate of drug-likeness (QED) is 0.326. The van der Waals surface area contributed by atoms with Gasteiger partial charge in [-0.15, -0.1) is 0 Å². The molecule has 0 aromatic rings. The molecular formula is C12H14O11S. The highest BCUT2D eigenvalue weighted by Gasteiger charge is 2.41. The highest BCUT2D eigenvalue weighted by atomic mass is 32.2. The topological polar surface area (TPSA) is 160 Å². The minimum absolute atomic E-state index is 0.000838. The summed E-state index contributed by atoms with van der Waals surface area (Å²) in [6, 6.07) is 0. The van der Waals surface area contributed by atoms with Gasteiger partial charge < -0.3 is 18.9 Å². The number of esters is 4. The van der Waals surface area contributed by atoms with Crippen LogP contribution in [0.1, 0.15) is 19.3 Å². The first kappa shape index (κ1) is 18.1. The van der Waals surface area contributed by atoms with E-state index in [1.807, 2.05) is 0 Å². The maximum atomic E-state index is 11.9. The molecule has 3 atom stereocenters. The molecule has 0 amide bonds. The SMILES string of the molecule is O=C(CC(C(=O)OC1CCOC1=O)S(=O)(=O)O)OC1CCOC1=O. The molecular weight excluding hydrogens is 352 g/mol. The summed E-state index contributed by atoms with van der Waals surface area (Å²) in [7, 11) is -5.01. The van der Waals surface area contributed by atoms with Crippen LogP contribution in [0.5, 0.6) is 0 Å². The highest BCUT2D eigenvalue weighted by Crippen LogP contribution is 2.17. The summed E-state index contributed by atoms with van der Waals surface area (Å²) in [5, 5.41) is -2.28. The number of cyclic esters (lactones) is 2. The van der Waals surface area contributed by atoms with Gasteiger partial charge in [0.1, 0.15) is 0 Å². The van der Waals surface area contributed by atoms with E-state index >= 15 is 0 Å². The number of carbonyl (C=O) groups excluding carboxylic acids is 4. The molecule has 2 rings (SSSR count). The predicted octanol–water partition coefficient (Wildman–Crippen LogP) is -1.65. The molecule has 3 unspecified atom stereocenters. The molecule has 0 aliphatic carbocycles. The van der Waals surface area contributed by atoms with E-state index in [4.69, 9.17) is 9.29 Å². The second kappa shape index (κ2) is 7.13. The first-order valence-corrected chi connectivity index (χ1v) is 8.38. The first-order valence-electron chi connectivity index (χ1n) is 6.88. The van der Waals surface area contributed by atoms with E-state index in [0.29, 0.717) is 0 Å². The van der Waals surface area contributed by atoms with Gasteiger partial charge in [0, 0.05) is 12.8 Å². The Morgan fingerprint density at radius 1 is 1.08 bits per heavy atom. The van der Waals surface area contributed by atoms with Crippen LogP contribution in [0.3, 0.4) is 0 Å². The second-order valence-corrected chi connectivity index (χ2v) is 6.62. The predicted molar refractivity (Wildman–Crippen MR) is 70.9 cm³/mol. The average Bonchev–Trinajstić information content (AvgIpc) is 3.05. The average molecular weight is 366 g/mol. The van der Waals surface area contributed by atoms with Crippen molar-refractivity contribution in [1.29, 1.82) is 0 Å². The van der Waals surface area contributed by atoms with Crippen molar-refractivity contribution in [1.82, 2.24) is 0 Å². The molecule has 2 aliphatic heterocycles. The van der Waals surface area contributed by atoms with E-state index < -0.39 is 57.9 Å². The van der Waals surface area contributed by atoms with E-state index in [0.717, 1.165) is 0 Å². The summed E-state index contributed by atoms with van der Waals surface area (Å²) in [5.74, 6) is -4.35. The Kier molecular flexibility index (Phi) is 5.39. The largest absolute Gasteiger partial charge is 0.463 e. The lowest BCUT2D eigenvalue weighted by molar-refractivity contribution is -0.163. The van der Waals surface area contributed by atoms with Gasteiger partial charge >= 0.3 is 23.9 Å². The molecule has 0 radical (unpaired) electrons. The lowest BCUT2D eigenvalue weighted by Crippen LogP contribution is -2.38. The summed E-state index contributed by atoms with van der Waals surface area (Å²) < 4.78 is 50.2. The van der Waals surface area contributed by atoms with Gasteiger partial charge in [-0.1, -0.05) is 0 Å². The third-order valence-corrected chi connectivity index (χ3v) is 4.36. The van der Waals surface area contributed by atoms with Crippen molar-refractivity contribution in [2.45, 2.75) is 36.7 Å². The third kappa shape index (κ3) is 4.41. The molecule has 134 valence electrons. The monoisotopic (exact) mass is 366 g/mol. The fraction of sp³-hybridized carbons (Fsp3) is 0.667. The van der Waals surface area contributed by atoms with Crippen molar-refractivity contribution in [3.8, 4) is 0 Å². The molecule has 2 saturated heterocycles. The summed E-state index contributed by atoms with van der Waals surface area (Å²) in [4.78, 5) is 46.0. The Hall–Kier alpha value is -2.21. The normalized spacial score (nSPS) is 24.9. The molecule has 2 fully saturated rings. The van der Waals surface area contributed by atoms with Crippen molar-refractivity contribution < 1.29 is 51.1 Å². The van der Waals surface area contributed by atoms with Gasteiger partial charge in [0.2, 0.25) is 12.2 Å². The zero-order chi connectivity index (χ0) is 17.9. The standard InChI is InChI=1S/C12H14O11S/c13-9(22-6-1-3-20-10(6)14)5-8(24(17,18)19)12(16)23-7-2-4-21-11(7)15/h6-8H,1-5H2,(H,17,18,19). The number of hydrogen-bond donors (Lipinski definition) is 1. The first-order chi connectivity index (χ1) is 11.2. The fourth-order valence-corrected chi connectivity index (χ4v) is 2.70. The van der Waals surface area contributed by atoms with Gasteiger partial charge in [0.05, 0.1) is 19.6 Å². The van der Waals surface area contributed by atoms with Gasteiger partial charge in [-0.25, -0.2) is 9.59 Å². The Morgan fingerprint density at radius 3 is 2.00 bits per heavy atom. The number of ether oxygens (including phenoxy) is 4. The molecule has 0 spiro atoms. The van der Waals surface area contributed by atoms with Crippen molar-refractivity contribution >= 4 is 34.0 Å². The molecule has 1 N–H and O–H groups in total. The molecule has 0 aromatic heterocycles. The maximum absolute atomic E-state index is 11.9. The number of hydrogen-bond acceptors (Lipinski definition) is 10. The van der Waals surface area contributed by atoms with Crippen LogP contribution in [0.4, 0.5) is 0 Å². The Labute approximate surface area is 135 Å². The number of carbonyl (C=O) groups is 4. The Morgan fingerprint density at radius 2 is 1.58 bits per heavy atom. The van der Waals surface area contributed by atoms with Gasteiger partial charge in [-0.3, -0.25) is 14.1 Å². The van der Waals surface area contributed by atoms with Gasteiger partial charge in [-0.05, 0) is 0 Å². The van der Waals surface area contributed by atoms with E-state index in [1.165, 1.54) is 0 Å². The smallest absolute Gasteiger partial charge is 0.347 e. The number of rotatable bonds is 6. The summed E-state index contributed by atoms with van der Waals surface area (Å²) in [5.41, 5.74) is 0. The van der Waals surface area contributed by atoms with Crippen molar-refractivity contribution in [3.05, 3.63) is 0 Å². The van der Waals surface area contributed by atoms with Crippen LogP contribution in [0.15, 0.2) is 0 Å². The van der Waals surface area contributed by atoms with Crippen molar-refractivity contribution in [2.24, 2.45) is 0 Å². The fourth-order valence-electron chi connectivity index (χ4n) is 2.05. The van der Waals surface area contributed by atoms with Crippen LogP contribution in [0, 0.1) is 0 Å². The molecule has 12 heteroatoms. The van der Waals surface area contributed by atoms with Crippen LogP contribution >= 0.6 is 0 Å². The molecule has 0 saturated carbocycles. The summed E-state index contributed by atoms with van der Waals surface area (Å²) >= 11 is 0. The second-order valence-electron chi connectivity index (χ2n) is 5.02. The van der Waals surface area contributed by atoms with Crippen molar-refractivity contribution in [3.63, 3.8) is 0 Å². The van der Waals surface area contributed by atoms with E-state index in [9.17, 15) is 27.6 Å². The van der Waals surface area contributed by atoms with E-state index in [2.05, 4.69) is 14.2 Å². The lowest BCUT2D eigenvalue weighted by atomic mass is 10.2. The Balaban J connectivity index is 2.00. The van der Waals surface area contributed by atoms with Crippen LogP contribution in [-0.2, 0) is 48.2 Å². The van der Waals surface area contributed by atoms with Gasteiger partial charge in [-0.2, -0.15) is 8.42 Å². The lowest BCUT2D eigenvalue weighted by Gasteiger charge is -2.15. The molecule has 2 heterocycles. The summed E-state index contributed by atoms with van der Waals surface area (Å²) in [6.45, 7) is 0.0451. The zero-order valence-electron chi connectivity index (χ0n) is 12.2. The molecule has 0 aromatic carbocycles. The van der Waals surface area contributed by atoms with E-state index in [1.54, 1.807) is 0 Å². The van der Waals surface area contributed by atoms with Crippen LogP contribution < -0.4 is 0 Å². The highest BCUT2D eigenvalue weighted by molar-refractivity contribution is 7.87. The van der Waals surface area contributed by atoms with Crippen molar-refractivity contribution in [2.75, 3.05) is 13.2 Å². The van der Waals surface area contributed by atoms with Gasteiger partial charge in [0.25, 0.3) is 10.1 Å².